The second-order valence-corrected chi connectivity index (χ2v) is 4.98. The molecule has 0 bridgehead atoms. The number of thiophene rings is 1. The Morgan fingerprint density at radius 2 is 1.81 bits per heavy atom. The third kappa shape index (κ3) is 2.18. The Kier molecular flexibility index (Phi) is 3.42. The minimum Gasteiger partial charge on any atom is -0.313 e. The standard InChI is InChI=1S/C14H17NS/c1-10-8-9-16-14(10)13-6-4-12(5-7-13)11(2)15-3/h4-9,11,15H,1-3H3. The topological polar surface area (TPSA) is 12.0 Å². The molecule has 0 spiro atoms. The lowest BCUT2D eigenvalue weighted by Gasteiger charge is -2.10. The van der Waals surface area contributed by atoms with E-state index >= 15 is 0 Å². The zero-order chi connectivity index (χ0) is 11.5. The summed E-state index contributed by atoms with van der Waals surface area (Å²) in [5.74, 6) is 0. The van der Waals surface area contributed by atoms with Crippen molar-refractivity contribution in [2.75, 3.05) is 7.05 Å². The first-order chi connectivity index (χ1) is 7.72. The Bertz CT molecular complexity index is 456. The van der Waals surface area contributed by atoms with Gasteiger partial charge in [-0.15, -0.1) is 11.3 Å². The molecule has 16 heavy (non-hydrogen) atoms. The zero-order valence-corrected chi connectivity index (χ0v) is 10.8. The molecule has 1 aromatic heterocycles. The predicted octanol–water partition coefficient (Wildman–Crippen LogP) is 4.00. The zero-order valence-electron chi connectivity index (χ0n) is 9.95. The molecule has 1 heterocycles. The Labute approximate surface area is 101 Å². The van der Waals surface area contributed by atoms with Gasteiger partial charge < -0.3 is 5.32 Å². The number of nitrogens with one attached hydrogen (secondary N) is 1. The Morgan fingerprint density at radius 3 is 2.31 bits per heavy atom. The molecule has 2 aromatic rings. The Balaban J connectivity index is 2.30. The maximum absolute atomic E-state index is 3.25. The van der Waals surface area contributed by atoms with Crippen molar-refractivity contribution in [3.8, 4) is 10.4 Å². The van der Waals surface area contributed by atoms with E-state index in [9.17, 15) is 0 Å². The monoisotopic (exact) mass is 231 g/mol. The number of hydrogen-bond donors (Lipinski definition) is 1. The quantitative estimate of drug-likeness (QED) is 0.841. The molecule has 0 aliphatic rings. The molecular weight excluding hydrogens is 214 g/mol. The van der Waals surface area contributed by atoms with Gasteiger partial charge in [-0.2, -0.15) is 0 Å². The second-order valence-electron chi connectivity index (χ2n) is 4.07. The number of aryl methyl sites for hydroxylation is 1. The van der Waals surface area contributed by atoms with Crippen molar-refractivity contribution in [2.45, 2.75) is 19.9 Å². The van der Waals surface area contributed by atoms with E-state index in [-0.39, 0.29) is 0 Å². The van der Waals surface area contributed by atoms with Crippen LogP contribution in [0.2, 0.25) is 0 Å². The highest BCUT2D eigenvalue weighted by atomic mass is 32.1. The van der Waals surface area contributed by atoms with E-state index in [0.29, 0.717) is 6.04 Å². The van der Waals surface area contributed by atoms with Crippen molar-refractivity contribution in [1.29, 1.82) is 0 Å². The second kappa shape index (κ2) is 4.81. The van der Waals surface area contributed by atoms with Gasteiger partial charge in [0.25, 0.3) is 0 Å². The minimum absolute atomic E-state index is 0.415. The summed E-state index contributed by atoms with van der Waals surface area (Å²) in [5, 5.41) is 5.40. The summed E-state index contributed by atoms with van der Waals surface area (Å²) >= 11 is 1.81. The first-order valence-electron chi connectivity index (χ1n) is 5.54. The SMILES string of the molecule is CNC(C)c1ccc(-c2sccc2C)cc1. The molecule has 2 heteroatoms. The highest BCUT2D eigenvalue weighted by Gasteiger charge is 2.05. The average Bonchev–Trinajstić information content (AvgIpc) is 2.75. The van der Waals surface area contributed by atoms with E-state index in [1.165, 1.54) is 21.6 Å². The van der Waals surface area contributed by atoms with Crippen LogP contribution >= 0.6 is 11.3 Å². The fourth-order valence-corrected chi connectivity index (χ4v) is 2.69. The van der Waals surface area contributed by atoms with Crippen LogP contribution in [0, 0.1) is 6.92 Å². The molecule has 2 rings (SSSR count). The predicted molar refractivity (Wildman–Crippen MR) is 72.0 cm³/mol. The van der Waals surface area contributed by atoms with Gasteiger partial charge in [0.05, 0.1) is 0 Å². The molecule has 0 saturated carbocycles. The molecule has 84 valence electrons. The first-order valence-corrected chi connectivity index (χ1v) is 6.42. The van der Waals surface area contributed by atoms with Crippen LogP contribution in [0.15, 0.2) is 35.7 Å². The first kappa shape index (κ1) is 11.4. The number of benzene rings is 1. The number of hydrogen-bond acceptors (Lipinski definition) is 2. The Morgan fingerprint density at radius 1 is 1.12 bits per heavy atom. The molecule has 1 unspecified atom stereocenters. The van der Waals surface area contributed by atoms with Crippen LogP contribution in [0.5, 0.6) is 0 Å². The largest absolute Gasteiger partial charge is 0.313 e. The van der Waals surface area contributed by atoms with Crippen LogP contribution in [0.1, 0.15) is 24.1 Å². The number of rotatable bonds is 3. The third-order valence-corrected chi connectivity index (χ3v) is 4.03. The van der Waals surface area contributed by atoms with Gasteiger partial charge in [-0.1, -0.05) is 24.3 Å². The van der Waals surface area contributed by atoms with E-state index in [1.54, 1.807) is 0 Å². The van der Waals surface area contributed by atoms with Crippen molar-refractivity contribution in [3.63, 3.8) is 0 Å². The van der Waals surface area contributed by atoms with E-state index in [1.807, 2.05) is 18.4 Å². The van der Waals surface area contributed by atoms with Gasteiger partial charge in [0.1, 0.15) is 0 Å². The van der Waals surface area contributed by atoms with E-state index in [0.717, 1.165) is 0 Å². The maximum atomic E-state index is 3.25. The molecule has 1 nitrogen and oxygen atoms in total. The minimum atomic E-state index is 0.415. The van der Waals surface area contributed by atoms with E-state index in [4.69, 9.17) is 0 Å². The lowest BCUT2D eigenvalue weighted by molar-refractivity contribution is 0.652. The van der Waals surface area contributed by atoms with Crippen molar-refractivity contribution in [3.05, 3.63) is 46.8 Å². The molecule has 0 saturated heterocycles. The molecule has 0 radical (unpaired) electrons. The van der Waals surface area contributed by atoms with Crippen LogP contribution in [-0.4, -0.2) is 7.05 Å². The summed E-state index contributed by atoms with van der Waals surface area (Å²) in [7, 11) is 1.99. The molecule has 0 fully saturated rings. The molecule has 1 aromatic carbocycles. The average molecular weight is 231 g/mol. The molecule has 0 amide bonds. The van der Waals surface area contributed by atoms with Crippen LogP contribution in [0.25, 0.3) is 10.4 Å². The molecular formula is C14H17NS. The Hall–Kier alpha value is -1.12. The summed E-state index contributed by atoms with van der Waals surface area (Å²) < 4.78 is 0. The van der Waals surface area contributed by atoms with Crippen LogP contribution in [-0.2, 0) is 0 Å². The van der Waals surface area contributed by atoms with Gasteiger partial charge in [-0.05, 0) is 49.0 Å². The molecule has 0 aliphatic carbocycles. The summed E-state index contributed by atoms with van der Waals surface area (Å²) in [6.07, 6.45) is 0. The van der Waals surface area contributed by atoms with Crippen LogP contribution < -0.4 is 5.32 Å². The fraction of sp³-hybridized carbons (Fsp3) is 0.286. The summed E-state index contributed by atoms with van der Waals surface area (Å²) in [6.45, 7) is 4.33. The summed E-state index contributed by atoms with van der Waals surface area (Å²) in [5.41, 5.74) is 4.01. The van der Waals surface area contributed by atoms with Crippen LogP contribution in [0.4, 0.5) is 0 Å². The maximum Gasteiger partial charge on any atom is 0.0371 e. The lowest BCUT2D eigenvalue weighted by atomic mass is 10.0. The van der Waals surface area contributed by atoms with Gasteiger partial charge in [0.15, 0.2) is 0 Å². The van der Waals surface area contributed by atoms with Crippen molar-refractivity contribution in [2.24, 2.45) is 0 Å². The third-order valence-electron chi connectivity index (χ3n) is 2.97. The van der Waals surface area contributed by atoms with Gasteiger partial charge in [0.2, 0.25) is 0 Å². The smallest absolute Gasteiger partial charge is 0.0371 e. The summed E-state index contributed by atoms with van der Waals surface area (Å²) in [6, 6.07) is 11.4. The fourth-order valence-electron chi connectivity index (χ4n) is 1.76. The van der Waals surface area contributed by atoms with Crippen molar-refractivity contribution < 1.29 is 0 Å². The molecule has 1 N–H and O–H groups in total. The van der Waals surface area contributed by atoms with E-state index in [2.05, 4.69) is 54.9 Å². The molecule has 0 aliphatic heterocycles. The van der Waals surface area contributed by atoms with Crippen molar-refractivity contribution in [1.82, 2.24) is 5.32 Å². The van der Waals surface area contributed by atoms with Gasteiger partial charge in [-0.25, -0.2) is 0 Å². The van der Waals surface area contributed by atoms with Crippen LogP contribution in [0.3, 0.4) is 0 Å². The van der Waals surface area contributed by atoms with Gasteiger partial charge in [0, 0.05) is 10.9 Å². The lowest BCUT2D eigenvalue weighted by Crippen LogP contribution is -2.11. The molecule has 1 atom stereocenters. The van der Waals surface area contributed by atoms with Crippen molar-refractivity contribution >= 4 is 11.3 Å². The van der Waals surface area contributed by atoms with E-state index < -0.39 is 0 Å². The highest BCUT2D eigenvalue weighted by Crippen LogP contribution is 2.29. The normalized spacial score (nSPS) is 12.7. The summed E-state index contributed by atoms with van der Waals surface area (Å²) in [4.78, 5) is 1.38. The van der Waals surface area contributed by atoms with Gasteiger partial charge >= 0.3 is 0 Å². The van der Waals surface area contributed by atoms with Gasteiger partial charge in [-0.3, -0.25) is 0 Å². The highest BCUT2D eigenvalue weighted by molar-refractivity contribution is 7.13.